The van der Waals surface area contributed by atoms with E-state index in [-0.39, 0.29) is 30.3 Å². The summed E-state index contributed by atoms with van der Waals surface area (Å²) in [6, 6.07) is 4.14. The van der Waals surface area contributed by atoms with Gasteiger partial charge in [-0.05, 0) is 6.07 Å². The van der Waals surface area contributed by atoms with Crippen LogP contribution in [0.5, 0.6) is 5.75 Å². The number of esters is 1. The second kappa shape index (κ2) is 7.08. The standard InChI is InChI=1S/C11H12F3NO3.ClH/c1-17-10(16)4-7-2-3-8(15)5-9(7)18-6-11(12,13)14;/h2-3,5H,4,6,15H2,1H3;1H. The van der Waals surface area contributed by atoms with Gasteiger partial charge in [0.25, 0.3) is 0 Å². The Kier molecular flexibility index (Phi) is 6.47. The highest BCUT2D eigenvalue weighted by Crippen LogP contribution is 2.25. The summed E-state index contributed by atoms with van der Waals surface area (Å²) in [5.41, 5.74) is 6.00. The number of nitrogens with two attached hydrogens (primary N) is 1. The van der Waals surface area contributed by atoms with Crippen molar-refractivity contribution in [3.05, 3.63) is 23.8 Å². The molecule has 0 radical (unpaired) electrons. The average Bonchev–Trinajstić information content (AvgIpc) is 2.28. The van der Waals surface area contributed by atoms with E-state index in [1.54, 1.807) is 0 Å². The summed E-state index contributed by atoms with van der Waals surface area (Å²) < 4.78 is 45.2. The summed E-state index contributed by atoms with van der Waals surface area (Å²) in [5, 5.41) is 0. The second-order valence-corrected chi connectivity index (χ2v) is 3.52. The molecule has 0 fully saturated rings. The van der Waals surface area contributed by atoms with Gasteiger partial charge >= 0.3 is 12.1 Å². The SMILES string of the molecule is COC(=O)Cc1ccc(N)cc1OCC(F)(F)F.Cl. The zero-order valence-corrected chi connectivity index (χ0v) is 10.8. The predicted octanol–water partition coefficient (Wildman–Crippen LogP) is 2.35. The molecule has 2 N–H and O–H groups in total. The molecule has 0 amide bonds. The van der Waals surface area contributed by atoms with Crippen LogP contribution >= 0.6 is 12.4 Å². The number of nitrogen functional groups attached to an aromatic ring is 1. The molecule has 0 heterocycles. The molecule has 0 bridgehead atoms. The minimum absolute atomic E-state index is 0. The number of carbonyl (C=O) groups is 1. The predicted molar refractivity (Wildman–Crippen MR) is 65.4 cm³/mol. The highest BCUT2D eigenvalue weighted by molar-refractivity contribution is 5.85. The zero-order valence-electron chi connectivity index (χ0n) is 9.99. The Balaban J connectivity index is 0.00000324. The molecule has 108 valence electrons. The Morgan fingerprint density at radius 1 is 1.37 bits per heavy atom. The number of carbonyl (C=O) groups excluding carboxylic acids is 1. The topological polar surface area (TPSA) is 61.5 Å². The maximum Gasteiger partial charge on any atom is 0.422 e. The Labute approximate surface area is 114 Å². The summed E-state index contributed by atoms with van der Waals surface area (Å²) >= 11 is 0. The molecule has 0 aliphatic heterocycles. The highest BCUT2D eigenvalue weighted by Gasteiger charge is 2.29. The van der Waals surface area contributed by atoms with Crippen LogP contribution in [0.25, 0.3) is 0 Å². The fourth-order valence-corrected chi connectivity index (χ4v) is 1.24. The quantitative estimate of drug-likeness (QED) is 0.685. The summed E-state index contributed by atoms with van der Waals surface area (Å²) in [4.78, 5) is 11.1. The number of methoxy groups -OCH3 is 1. The molecule has 1 aromatic carbocycles. The maximum atomic E-state index is 12.1. The number of benzene rings is 1. The van der Waals surface area contributed by atoms with Gasteiger partial charge in [0.15, 0.2) is 6.61 Å². The van der Waals surface area contributed by atoms with E-state index in [1.807, 2.05) is 0 Å². The van der Waals surface area contributed by atoms with Crippen molar-refractivity contribution in [1.82, 2.24) is 0 Å². The first kappa shape index (κ1) is 17.4. The molecule has 0 saturated heterocycles. The van der Waals surface area contributed by atoms with Gasteiger partial charge in [-0.2, -0.15) is 13.2 Å². The minimum atomic E-state index is -4.45. The molecule has 0 aromatic heterocycles. The van der Waals surface area contributed by atoms with Gasteiger partial charge in [-0.3, -0.25) is 4.79 Å². The third-order valence-corrected chi connectivity index (χ3v) is 2.05. The number of ether oxygens (including phenoxy) is 2. The Morgan fingerprint density at radius 2 is 2.00 bits per heavy atom. The largest absolute Gasteiger partial charge is 0.484 e. The molecule has 0 saturated carbocycles. The number of hydrogen-bond acceptors (Lipinski definition) is 4. The van der Waals surface area contributed by atoms with Crippen molar-refractivity contribution in [1.29, 1.82) is 0 Å². The van der Waals surface area contributed by atoms with Gasteiger partial charge in [-0.15, -0.1) is 12.4 Å². The lowest BCUT2D eigenvalue weighted by Crippen LogP contribution is -2.20. The average molecular weight is 300 g/mol. The normalized spacial score (nSPS) is 10.5. The van der Waals surface area contributed by atoms with Crippen LogP contribution in [-0.4, -0.2) is 25.9 Å². The van der Waals surface area contributed by atoms with Crippen LogP contribution in [0.2, 0.25) is 0 Å². The van der Waals surface area contributed by atoms with Crippen molar-refractivity contribution in [3.8, 4) is 5.75 Å². The monoisotopic (exact) mass is 299 g/mol. The van der Waals surface area contributed by atoms with Crippen LogP contribution in [0.1, 0.15) is 5.56 Å². The summed E-state index contributed by atoms with van der Waals surface area (Å²) in [5.74, 6) is -0.644. The molecule has 1 aromatic rings. The van der Waals surface area contributed by atoms with E-state index in [9.17, 15) is 18.0 Å². The van der Waals surface area contributed by atoms with E-state index in [0.29, 0.717) is 5.56 Å². The van der Waals surface area contributed by atoms with E-state index in [2.05, 4.69) is 9.47 Å². The van der Waals surface area contributed by atoms with Gasteiger partial charge in [-0.25, -0.2) is 0 Å². The molecular weight excluding hydrogens is 287 g/mol. The van der Waals surface area contributed by atoms with E-state index in [1.165, 1.54) is 25.3 Å². The molecule has 4 nitrogen and oxygen atoms in total. The van der Waals surface area contributed by atoms with E-state index >= 15 is 0 Å². The number of alkyl halides is 3. The molecule has 0 atom stereocenters. The summed E-state index contributed by atoms with van der Waals surface area (Å²) in [6.07, 6.45) is -4.63. The van der Waals surface area contributed by atoms with Crippen LogP contribution in [0.3, 0.4) is 0 Å². The summed E-state index contributed by atoms with van der Waals surface area (Å²) in [7, 11) is 1.19. The van der Waals surface area contributed by atoms with Crippen LogP contribution in [-0.2, 0) is 16.0 Å². The van der Waals surface area contributed by atoms with Gasteiger partial charge in [-0.1, -0.05) is 6.07 Å². The Hall–Kier alpha value is -1.63. The number of hydrogen-bond donors (Lipinski definition) is 1. The van der Waals surface area contributed by atoms with Gasteiger partial charge in [0.05, 0.1) is 13.5 Å². The summed E-state index contributed by atoms with van der Waals surface area (Å²) in [6.45, 7) is -1.44. The third kappa shape index (κ3) is 6.19. The van der Waals surface area contributed by atoms with Crippen molar-refractivity contribution < 1.29 is 27.4 Å². The Bertz CT molecular complexity index is 438. The number of rotatable bonds is 4. The number of halogens is 4. The molecule has 0 unspecified atom stereocenters. The molecule has 0 aliphatic rings. The third-order valence-electron chi connectivity index (χ3n) is 2.05. The van der Waals surface area contributed by atoms with Crippen molar-refractivity contribution in [2.75, 3.05) is 19.5 Å². The van der Waals surface area contributed by atoms with Crippen LogP contribution in [0.15, 0.2) is 18.2 Å². The van der Waals surface area contributed by atoms with E-state index in [4.69, 9.17) is 5.73 Å². The molecule has 19 heavy (non-hydrogen) atoms. The van der Waals surface area contributed by atoms with Gasteiger partial charge in [0, 0.05) is 17.3 Å². The minimum Gasteiger partial charge on any atom is -0.484 e. The van der Waals surface area contributed by atoms with Crippen molar-refractivity contribution >= 4 is 24.1 Å². The molecular formula is C11H13ClF3NO3. The first-order chi connectivity index (χ1) is 8.31. The lowest BCUT2D eigenvalue weighted by atomic mass is 10.1. The lowest BCUT2D eigenvalue weighted by Gasteiger charge is -2.13. The fourth-order valence-electron chi connectivity index (χ4n) is 1.24. The van der Waals surface area contributed by atoms with Gasteiger partial charge in [0.1, 0.15) is 5.75 Å². The van der Waals surface area contributed by atoms with Gasteiger partial charge < -0.3 is 15.2 Å². The number of anilines is 1. The van der Waals surface area contributed by atoms with E-state index < -0.39 is 18.8 Å². The van der Waals surface area contributed by atoms with Gasteiger partial charge in [0.2, 0.25) is 0 Å². The maximum absolute atomic E-state index is 12.1. The van der Waals surface area contributed by atoms with Crippen molar-refractivity contribution in [2.45, 2.75) is 12.6 Å². The molecule has 8 heteroatoms. The van der Waals surface area contributed by atoms with Crippen LogP contribution in [0.4, 0.5) is 18.9 Å². The zero-order chi connectivity index (χ0) is 13.8. The first-order valence-electron chi connectivity index (χ1n) is 4.96. The van der Waals surface area contributed by atoms with Crippen LogP contribution < -0.4 is 10.5 Å². The van der Waals surface area contributed by atoms with E-state index in [0.717, 1.165) is 0 Å². The molecule has 0 spiro atoms. The lowest BCUT2D eigenvalue weighted by molar-refractivity contribution is -0.153. The fraction of sp³-hybridized carbons (Fsp3) is 0.364. The molecule has 1 rings (SSSR count). The Morgan fingerprint density at radius 3 is 2.53 bits per heavy atom. The van der Waals surface area contributed by atoms with Crippen LogP contribution in [0, 0.1) is 0 Å². The van der Waals surface area contributed by atoms with Crippen molar-refractivity contribution in [3.63, 3.8) is 0 Å². The first-order valence-corrected chi connectivity index (χ1v) is 4.96. The highest BCUT2D eigenvalue weighted by atomic mass is 35.5. The van der Waals surface area contributed by atoms with Crippen molar-refractivity contribution in [2.24, 2.45) is 0 Å². The smallest absolute Gasteiger partial charge is 0.422 e. The molecule has 0 aliphatic carbocycles. The second-order valence-electron chi connectivity index (χ2n) is 3.52.